The minimum absolute atomic E-state index is 0.0860. The molecule has 0 saturated heterocycles. The Morgan fingerprint density at radius 2 is 0.457 bits per heavy atom. The lowest BCUT2D eigenvalue weighted by Crippen LogP contribution is -2.30. The quantitative estimate of drug-likeness (QED) is 0.0169. The highest BCUT2D eigenvalue weighted by molar-refractivity contribution is 7.47. The molecule has 105 heavy (non-hydrogen) atoms. The first-order valence-corrected chi connectivity index (χ1v) is 47.1. The predicted molar refractivity (Wildman–Crippen MR) is 432 cm³/mol. The van der Waals surface area contributed by atoms with Crippen LogP contribution in [0.1, 0.15) is 445 Å². The molecule has 0 aromatic rings. The maximum atomic E-state index is 13.1. The zero-order valence-corrected chi connectivity index (χ0v) is 70.0. The Bertz CT molecular complexity index is 2080. The molecule has 19 heteroatoms. The first kappa shape index (κ1) is 103. The third kappa shape index (κ3) is 79.4. The van der Waals surface area contributed by atoms with Crippen molar-refractivity contribution in [1.82, 2.24) is 0 Å². The summed E-state index contributed by atoms with van der Waals surface area (Å²) < 4.78 is 68.8. The highest BCUT2D eigenvalue weighted by Gasteiger charge is 2.30. The maximum Gasteiger partial charge on any atom is 0.472 e. The van der Waals surface area contributed by atoms with Crippen LogP contribution in [-0.2, 0) is 65.4 Å². The monoisotopic (exact) mass is 1530 g/mol. The summed E-state index contributed by atoms with van der Waals surface area (Å²) >= 11 is 0. The Labute approximate surface area is 643 Å². The van der Waals surface area contributed by atoms with Gasteiger partial charge >= 0.3 is 39.5 Å². The Morgan fingerprint density at radius 1 is 0.267 bits per heavy atom. The van der Waals surface area contributed by atoms with Gasteiger partial charge in [-0.2, -0.15) is 0 Å². The van der Waals surface area contributed by atoms with Gasteiger partial charge in [0.05, 0.1) is 26.4 Å². The van der Waals surface area contributed by atoms with Crippen molar-refractivity contribution in [1.29, 1.82) is 0 Å². The summed E-state index contributed by atoms with van der Waals surface area (Å²) in [6.45, 7) is 4.98. The van der Waals surface area contributed by atoms with E-state index < -0.39 is 97.5 Å². The van der Waals surface area contributed by atoms with Crippen LogP contribution in [-0.4, -0.2) is 96.7 Å². The lowest BCUT2D eigenvalue weighted by atomic mass is 10.0. The highest BCUT2D eigenvalue weighted by Crippen LogP contribution is 2.45. The molecule has 0 aromatic carbocycles. The van der Waals surface area contributed by atoms with E-state index in [1.165, 1.54) is 263 Å². The maximum absolute atomic E-state index is 13.1. The van der Waals surface area contributed by atoms with Crippen LogP contribution >= 0.6 is 15.6 Å². The molecule has 0 fully saturated rings. The Hall–Kier alpha value is -2.46. The lowest BCUT2D eigenvalue weighted by molar-refractivity contribution is -0.161. The van der Waals surface area contributed by atoms with Crippen molar-refractivity contribution < 1.29 is 80.2 Å². The van der Waals surface area contributed by atoms with E-state index in [2.05, 4.69) is 52.0 Å². The number of hydrogen-bond acceptors (Lipinski definition) is 15. The highest BCUT2D eigenvalue weighted by atomic mass is 31.2. The second-order valence-corrected chi connectivity index (χ2v) is 33.1. The van der Waals surface area contributed by atoms with Crippen LogP contribution < -0.4 is 0 Å². The van der Waals surface area contributed by atoms with Gasteiger partial charge in [0, 0.05) is 25.7 Å². The molecule has 0 heterocycles. The summed E-state index contributed by atoms with van der Waals surface area (Å²) in [5.74, 6) is -2.13. The summed E-state index contributed by atoms with van der Waals surface area (Å²) in [4.78, 5) is 73.2. The van der Waals surface area contributed by atoms with Crippen molar-refractivity contribution in [3.63, 3.8) is 0 Å². The van der Waals surface area contributed by atoms with Crippen LogP contribution in [0.15, 0.2) is 24.3 Å². The largest absolute Gasteiger partial charge is 0.472 e. The van der Waals surface area contributed by atoms with Crippen molar-refractivity contribution in [3.05, 3.63) is 24.3 Å². The van der Waals surface area contributed by atoms with Crippen molar-refractivity contribution in [2.24, 2.45) is 0 Å². The molecule has 0 bridgehead atoms. The smallest absolute Gasteiger partial charge is 0.462 e. The van der Waals surface area contributed by atoms with Gasteiger partial charge in [-0.05, 0) is 51.4 Å². The van der Waals surface area contributed by atoms with Gasteiger partial charge in [0.15, 0.2) is 12.2 Å². The number of rotatable bonds is 85. The molecular formula is C86H164O17P2. The van der Waals surface area contributed by atoms with Gasteiger partial charge in [-0.15, -0.1) is 0 Å². The molecule has 5 atom stereocenters. The fourth-order valence-electron chi connectivity index (χ4n) is 13.0. The van der Waals surface area contributed by atoms with Crippen molar-refractivity contribution in [3.8, 4) is 0 Å². The van der Waals surface area contributed by atoms with Crippen molar-refractivity contribution in [2.45, 2.75) is 463 Å². The summed E-state index contributed by atoms with van der Waals surface area (Å²) in [5.41, 5.74) is 0. The van der Waals surface area contributed by atoms with Crippen LogP contribution in [0.2, 0.25) is 0 Å². The first-order chi connectivity index (χ1) is 51.2. The number of unbranched alkanes of at least 4 members (excludes halogenated alkanes) is 56. The van der Waals surface area contributed by atoms with Gasteiger partial charge in [0.2, 0.25) is 0 Å². The van der Waals surface area contributed by atoms with E-state index in [9.17, 15) is 43.2 Å². The average Bonchev–Trinajstić information content (AvgIpc) is 0.908. The molecule has 0 aliphatic carbocycles. The minimum Gasteiger partial charge on any atom is -0.462 e. The molecule has 0 radical (unpaired) electrons. The zero-order chi connectivity index (χ0) is 76.7. The second-order valence-electron chi connectivity index (χ2n) is 30.2. The molecule has 0 spiro atoms. The van der Waals surface area contributed by atoms with Gasteiger partial charge in [0.25, 0.3) is 0 Å². The summed E-state index contributed by atoms with van der Waals surface area (Å²) in [6, 6.07) is 0. The Balaban J connectivity index is 5.26. The fourth-order valence-corrected chi connectivity index (χ4v) is 14.6. The Morgan fingerprint density at radius 3 is 0.695 bits per heavy atom. The molecule has 620 valence electrons. The van der Waals surface area contributed by atoms with E-state index in [0.29, 0.717) is 25.7 Å². The number of aliphatic hydroxyl groups excluding tert-OH is 1. The van der Waals surface area contributed by atoms with Crippen LogP contribution in [0.3, 0.4) is 0 Å². The third-order valence-corrected chi connectivity index (χ3v) is 21.6. The molecule has 0 saturated carbocycles. The minimum atomic E-state index is -4.97. The normalized spacial score (nSPS) is 13.9. The van der Waals surface area contributed by atoms with Crippen LogP contribution in [0, 0.1) is 0 Å². The standard InChI is InChI=1S/C86H164O17P2/c1-5-9-13-17-21-25-29-32-35-37-39-41-43-46-49-53-57-61-65-69-73-86(91)103-82(77-97-84(89)71-67-63-59-55-51-47-45-42-40-38-36-33-30-26-22-18-14-10-6-2)79-101-105(94,95)99-75-80(87)74-98-104(92,93)100-78-81(76-96-83(88)70-66-62-58-54-50-28-24-20-16-12-8-4)102-85(90)72-68-64-60-56-52-48-44-34-31-27-23-19-15-11-7-3/h27,31,34,44,80-82,87H,5-26,28-30,32-33,35-43,45-79H2,1-4H3,(H,92,93)(H,94,95)/b31-27-,44-34-/t80-,81+,82+/m0/s1. The Kier molecular flexibility index (Phi) is 77.8. The molecular weight excluding hydrogens is 1370 g/mol. The lowest BCUT2D eigenvalue weighted by Gasteiger charge is -2.21. The van der Waals surface area contributed by atoms with E-state index in [4.69, 9.17) is 37.0 Å². The number of hydrogen-bond donors (Lipinski definition) is 3. The number of allylic oxidation sites excluding steroid dienone is 4. The SMILES string of the molecule is CCCCCC/C=C\C=C/CCCCCCCC(=O)O[C@H](COC(=O)CCCCCCCCCCCCC)COP(=O)(O)OC[C@H](O)COP(=O)(O)OC[C@@H](COC(=O)CCCCCCCCCCCCCCCCCCCCC)OC(=O)CCCCCCCCCCCCCCCCCCCCCC. The summed E-state index contributed by atoms with van der Waals surface area (Å²) in [6.07, 6.45) is 77.2. The van der Waals surface area contributed by atoms with Gasteiger partial charge in [-0.1, -0.05) is 392 Å². The van der Waals surface area contributed by atoms with E-state index >= 15 is 0 Å². The number of esters is 4. The van der Waals surface area contributed by atoms with E-state index in [-0.39, 0.29) is 25.7 Å². The third-order valence-electron chi connectivity index (χ3n) is 19.7. The predicted octanol–water partition coefficient (Wildman–Crippen LogP) is 26.1. The topological polar surface area (TPSA) is 237 Å². The van der Waals surface area contributed by atoms with E-state index in [1.807, 2.05) is 0 Å². The van der Waals surface area contributed by atoms with Gasteiger partial charge in [0.1, 0.15) is 19.3 Å². The van der Waals surface area contributed by atoms with Crippen molar-refractivity contribution in [2.75, 3.05) is 39.6 Å². The van der Waals surface area contributed by atoms with E-state index in [0.717, 1.165) is 103 Å². The van der Waals surface area contributed by atoms with Crippen LogP contribution in [0.25, 0.3) is 0 Å². The molecule has 17 nitrogen and oxygen atoms in total. The van der Waals surface area contributed by atoms with Gasteiger partial charge in [-0.3, -0.25) is 37.3 Å². The first-order valence-electron chi connectivity index (χ1n) is 44.1. The van der Waals surface area contributed by atoms with Crippen LogP contribution in [0.5, 0.6) is 0 Å². The van der Waals surface area contributed by atoms with Crippen molar-refractivity contribution >= 4 is 39.5 Å². The van der Waals surface area contributed by atoms with Gasteiger partial charge < -0.3 is 33.8 Å². The number of phosphoric ester groups is 2. The zero-order valence-electron chi connectivity index (χ0n) is 68.2. The second kappa shape index (κ2) is 79.6. The molecule has 0 aliphatic heterocycles. The molecule has 3 N–H and O–H groups in total. The fraction of sp³-hybridized carbons (Fsp3) is 0.907. The molecule has 0 amide bonds. The number of ether oxygens (including phenoxy) is 4. The summed E-state index contributed by atoms with van der Waals surface area (Å²) in [7, 11) is -9.94. The molecule has 0 rings (SSSR count). The average molecular weight is 1530 g/mol. The number of aliphatic hydroxyl groups is 1. The van der Waals surface area contributed by atoms with Crippen LogP contribution in [0.4, 0.5) is 0 Å². The summed E-state index contributed by atoms with van der Waals surface area (Å²) in [5, 5.41) is 10.7. The molecule has 0 aliphatic rings. The van der Waals surface area contributed by atoms with E-state index in [1.54, 1.807) is 0 Å². The molecule has 2 unspecified atom stereocenters. The number of carbonyl (C=O) groups excluding carboxylic acids is 4. The van der Waals surface area contributed by atoms with Gasteiger partial charge in [-0.25, -0.2) is 9.13 Å². The molecule has 0 aromatic heterocycles. The number of carbonyl (C=O) groups is 4. The number of phosphoric acid groups is 2.